The summed E-state index contributed by atoms with van der Waals surface area (Å²) in [4.78, 5) is 60.7. The Morgan fingerprint density at radius 1 is 0.982 bits per heavy atom. The average molecular weight is 756 g/mol. The number of fused-ring (bicyclic) bond motifs is 3. The molecule has 2 N–H and O–H groups in total. The zero-order valence-corrected chi connectivity index (χ0v) is 31.2. The molecule has 290 valence electrons. The Balaban J connectivity index is 0.857. The van der Waals surface area contributed by atoms with E-state index in [4.69, 9.17) is 14.7 Å². The number of carbonyl (C=O) groups is 3. The number of anilines is 2. The molecule has 4 aromatic rings. The normalized spacial score (nSPS) is 21.7. The molecule has 0 aliphatic carbocycles. The van der Waals surface area contributed by atoms with Gasteiger partial charge in [0.2, 0.25) is 11.9 Å². The molecule has 0 unspecified atom stereocenters. The Morgan fingerprint density at radius 2 is 1.73 bits per heavy atom. The molecule has 2 atom stereocenters. The highest BCUT2D eigenvalue weighted by atomic mass is 19.3. The summed E-state index contributed by atoms with van der Waals surface area (Å²) in [5, 5.41) is 3.46. The van der Waals surface area contributed by atoms with E-state index in [1.54, 1.807) is 30.6 Å². The van der Waals surface area contributed by atoms with Gasteiger partial charge in [-0.15, -0.1) is 0 Å². The minimum Gasteiger partial charge on any atom is -0.495 e. The standard InChI is InChI=1S/C40H47F2N9O4/c1-25-19-30-29-5-3-4-6-31(29)45-36(30)37(51(25)24-34(41)42)28-21-43-39(44-22-28)49-17-15-47(16-18-49)23-26-9-12-48(13-10-26)38(53)27-7-8-33(55-2)32(20-27)50-14-11-35(52)46-40(50)54/h3-8,20-22,25-26,34,37,45H,9-19,23-24H2,1-2H3,(H,46,52,54)/t25-,37-/m1/s1. The molecular weight excluding hydrogens is 708 g/mol. The highest BCUT2D eigenvalue weighted by molar-refractivity contribution is 6.07. The van der Waals surface area contributed by atoms with Crippen LogP contribution in [0.4, 0.5) is 25.2 Å². The quantitative estimate of drug-likeness (QED) is 0.250. The number of urea groups is 1. The van der Waals surface area contributed by atoms with Gasteiger partial charge in [0.1, 0.15) is 5.75 Å². The average Bonchev–Trinajstić information content (AvgIpc) is 3.56. The van der Waals surface area contributed by atoms with Crippen LogP contribution in [0.3, 0.4) is 0 Å². The molecule has 0 bridgehead atoms. The second-order valence-electron chi connectivity index (χ2n) is 15.1. The lowest BCUT2D eigenvalue weighted by atomic mass is 9.89. The number of H-pyrrole nitrogens is 1. The number of likely N-dealkylation sites (tertiary alicyclic amines) is 1. The molecular formula is C40H47F2N9O4. The van der Waals surface area contributed by atoms with Crippen LogP contribution in [0.2, 0.25) is 0 Å². The number of hydrogen-bond acceptors (Lipinski definition) is 9. The molecule has 15 heteroatoms. The van der Waals surface area contributed by atoms with Crippen LogP contribution in [0.5, 0.6) is 5.75 Å². The lowest BCUT2D eigenvalue weighted by Crippen LogP contribution is -2.50. The van der Waals surface area contributed by atoms with E-state index in [9.17, 15) is 23.2 Å². The van der Waals surface area contributed by atoms with Crippen molar-refractivity contribution in [1.29, 1.82) is 0 Å². The smallest absolute Gasteiger partial charge is 0.328 e. The van der Waals surface area contributed by atoms with E-state index in [0.717, 1.165) is 67.7 Å². The number of methoxy groups -OCH3 is 1. The van der Waals surface area contributed by atoms with Gasteiger partial charge in [0.15, 0.2) is 0 Å². The summed E-state index contributed by atoms with van der Waals surface area (Å²) in [6.45, 7) is 7.47. The van der Waals surface area contributed by atoms with Crippen molar-refractivity contribution in [3.63, 3.8) is 0 Å². The zero-order chi connectivity index (χ0) is 38.2. The molecule has 4 aliphatic rings. The number of piperidine rings is 1. The minimum atomic E-state index is -2.46. The van der Waals surface area contributed by atoms with Gasteiger partial charge in [-0.2, -0.15) is 0 Å². The van der Waals surface area contributed by atoms with E-state index in [0.29, 0.717) is 48.4 Å². The van der Waals surface area contributed by atoms with Gasteiger partial charge in [0, 0.05) is 105 Å². The number of piperazine rings is 1. The molecule has 8 rings (SSSR count). The molecule has 4 amide bonds. The lowest BCUT2D eigenvalue weighted by Gasteiger charge is -2.40. The van der Waals surface area contributed by atoms with Gasteiger partial charge in [-0.25, -0.2) is 23.5 Å². The molecule has 4 aliphatic heterocycles. The van der Waals surface area contributed by atoms with E-state index < -0.39 is 18.5 Å². The Bertz CT molecular complexity index is 2040. The predicted molar refractivity (Wildman–Crippen MR) is 204 cm³/mol. The Morgan fingerprint density at radius 3 is 2.44 bits per heavy atom. The second kappa shape index (κ2) is 15.5. The largest absolute Gasteiger partial charge is 0.495 e. The van der Waals surface area contributed by atoms with Gasteiger partial charge in [0.25, 0.3) is 12.3 Å². The number of alkyl halides is 2. The number of carbonyl (C=O) groups excluding carboxylic acids is 3. The topological polar surface area (TPSA) is 130 Å². The van der Waals surface area contributed by atoms with E-state index in [2.05, 4.69) is 26.2 Å². The minimum absolute atomic E-state index is 0.0712. The fourth-order valence-electron chi connectivity index (χ4n) is 8.77. The fraction of sp³-hybridized carbons (Fsp3) is 0.475. The van der Waals surface area contributed by atoms with Gasteiger partial charge < -0.3 is 19.5 Å². The third-order valence-corrected chi connectivity index (χ3v) is 11.7. The number of benzene rings is 2. The fourth-order valence-corrected chi connectivity index (χ4v) is 8.77. The van der Waals surface area contributed by atoms with Crippen LogP contribution >= 0.6 is 0 Å². The number of nitrogens with zero attached hydrogens (tertiary/aromatic N) is 7. The van der Waals surface area contributed by atoms with Crippen LogP contribution in [0.25, 0.3) is 10.9 Å². The van der Waals surface area contributed by atoms with Crippen molar-refractivity contribution in [2.45, 2.75) is 51.1 Å². The molecule has 2 aromatic carbocycles. The van der Waals surface area contributed by atoms with Crippen molar-refractivity contribution >= 4 is 40.4 Å². The first-order chi connectivity index (χ1) is 26.7. The third-order valence-electron chi connectivity index (χ3n) is 11.7. The summed E-state index contributed by atoms with van der Waals surface area (Å²) in [6.07, 6.45) is 3.82. The van der Waals surface area contributed by atoms with Crippen LogP contribution in [-0.4, -0.2) is 126 Å². The summed E-state index contributed by atoms with van der Waals surface area (Å²) in [7, 11) is 1.51. The number of hydrogen-bond donors (Lipinski definition) is 2. The molecule has 0 radical (unpaired) electrons. The van der Waals surface area contributed by atoms with Crippen molar-refractivity contribution < 1.29 is 27.9 Å². The molecule has 0 spiro atoms. The van der Waals surface area contributed by atoms with Crippen molar-refractivity contribution in [2.24, 2.45) is 5.92 Å². The van der Waals surface area contributed by atoms with E-state index in [1.165, 1.54) is 17.6 Å². The number of imide groups is 1. The molecule has 2 aromatic heterocycles. The third kappa shape index (κ3) is 7.46. The molecule has 13 nitrogen and oxygen atoms in total. The highest BCUT2D eigenvalue weighted by Crippen LogP contribution is 2.41. The van der Waals surface area contributed by atoms with E-state index >= 15 is 0 Å². The maximum Gasteiger partial charge on any atom is 0.328 e. The molecule has 3 saturated heterocycles. The zero-order valence-electron chi connectivity index (χ0n) is 31.2. The second-order valence-corrected chi connectivity index (χ2v) is 15.1. The number of halogens is 2. The maximum atomic E-state index is 13.8. The maximum absolute atomic E-state index is 13.8. The van der Waals surface area contributed by atoms with E-state index in [1.807, 2.05) is 34.9 Å². The van der Waals surface area contributed by atoms with Crippen LogP contribution in [0, 0.1) is 5.92 Å². The van der Waals surface area contributed by atoms with E-state index in [-0.39, 0.29) is 37.4 Å². The number of aromatic nitrogens is 3. The number of aromatic amines is 1. The van der Waals surface area contributed by atoms with Gasteiger partial charge in [-0.05, 0) is 61.9 Å². The van der Waals surface area contributed by atoms with Crippen LogP contribution in [0.15, 0.2) is 54.9 Å². The summed E-state index contributed by atoms with van der Waals surface area (Å²) in [5.41, 5.74) is 4.86. The first-order valence-corrected chi connectivity index (χ1v) is 19.2. The number of ether oxygens (including phenoxy) is 1. The van der Waals surface area contributed by atoms with Crippen molar-refractivity contribution in [3.05, 3.63) is 77.2 Å². The van der Waals surface area contributed by atoms with Crippen LogP contribution < -0.4 is 19.9 Å². The van der Waals surface area contributed by atoms with Gasteiger partial charge >= 0.3 is 6.03 Å². The monoisotopic (exact) mass is 755 g/mol. The molecule has 3 fully saturated rings. The van der Waals surface area contributed by atoms with Gasteiger partial charge in [-0.1, -0.05) is 18.2 Å². The van der Waals surface area contributed by atoms with Crippen LogP contribution in [0.1, 0.15) is 59.4 Å². The molecule has 0 saturated carbocycles. The number of para-hydroxylation sites is 1. The first-order valence-electron chi connectivity index (χ1n) is 19.2. The molecule has 6 heterocycles. The van der Waals surface area contributed by atoms with Crippen LogP contribution in [-0.2, 0) is 11.2 Å². The highest BCUT2D eigenvalue weighted by Gasteiger charge is 2.38. The molecule has 55 heavy (non-hydrogen) atoms. The number of nitrogens with one attached hydrogen (secondary N) is 2. The van der Waals surface area contributed by atoms with Gasteiger partial charge in [-0.3, -0.25) is 29.6 Å². The van der Waals surface area contributed by atoms with Crippen molar-refractivity contribution in [2.75, 3.05) is 75.8 Å². The lowest BCUT2D eigenvalue weighted by molar-refractivity contribution is -0.120. The Labute approximate surface area is 318 Å². The van der Waals surface area contributed by atoms with Gasteiger partial charge in [0.05, 0.1) is 25.4 Å². The SMILES string of the molecule is COc1ccc(C(=O)N2CCC(CN3CCN(c4ncc([C@@H]5c6[nH]c7ccccc7c6C[C@@H](C)N5CC(F)F)cn4)CC3)CC2)cc1N1CCC(=O)NC1=O. The summed E-state index contributed by atoms with van der Waals surface area (Å²) in [5.74, 6) is 1.16. The Hall–Kier alpha value is -5.15. The summed E-state index contributed by atoms with van der Waals surface area (Å²) >= 11 is 0. The van der Waals surface area contributed by atoms with Crippen molar-refractivity contribution in [1.82, 2.24) is 35.0 Å². The summed E-state index contributed by atoms with van der Waals surface area (Å²) < 4.78 is 33.1. The summed E-state index contributed by atoms with van der Waals surface area (Å²) in [6, 6.07) is 12.2. The van der Waals surface area contributed by atoms with Crippen molar-refractivity contribution in [3.8, 4) is 5.75 Å². The predicted octanol–water partition coefficient (Wildman–Crippen LogP) is 4.69. The number of amides is 4. The Kier molecular flexibility index (Phi) is 10.4. The number of rotatable bonds is 9. The first kappa shape index (κ1) is 36.8.